The molecule has 1 aromatic rings. The van der Waals surface area contributed by atoms with Crippen LogP contribution in [-0.4, -0.2) is 41.7 Å². The van der Waals surface area contributed by atoms with Gasteiger partial charge in [-0.05, 0) is 37.8 Å². The predicted octanol–water partition coefficient (Wildman–Crippen LogP) is 3.16. The average Bonchev–Trinajstić information content (AvgIpc) is 2.90. The summed E-state index contributed by atoms with van der Waals surface area (Å²) in [4.78, 5) is 16.0. The number of rotatable bonds is 5. The molecule has 2 bridgehead atoms. The second-order valence-electron chi connectivity index (χ2n) is 6.74. The first-order valence-corrected chi connectivity index (χ1v) is 9.32. The van der Waals surface area contributed by atoms with Crippen LogP contribution >= 0.6 is 11.8 Å². The van der Waals surface area contributed by atoms with Crippen LogP contribution in [0.15, 0.2) is 35.2 Å². The van der Waals surface area contributed by atoms with Crippen LogP contribution in [-0.2, 0) is 4.79 Å². The molecule has 4 heteroatoms. The van der Waals surface area contributed by atoms with E-state index in [1.807, 2.05) is 30.1 Å². The van der Waals surface area contributed by atoms with Gasteiger partial charge >= 0.3 is 0 Å². The molecule has 0 saturated carbocycles. The number of carbonyl (C=O) groups is 1. The fraction of sp³-hybridized carbons (Fsp3) is 0.611. The Hall–Kier alpha value is -1.00. The molecule has 1 amide bonds. The van der Waals surface area contributed by atoms with E-state index in [1.165, 1.54) is 17.7 Å². The fourth-order valence-corrected chi connectivity index (χ4v) is 4.61. The first-order valence-electron chi connectivity index (χ1n) is 8.34. The molecule has 1 N–H and O–H groups in total. The molecular formula is C18H26N2OS. The van der Waals surface area contributed by atoms with E-state index < -0.39 is 0 Å². The second-order valence-corrected chi connectivity index (χ2v) is 7.83. The van der Waals surface area contributed by atoms with Crippen LogP contribution in [0.1, 0.15) is 32.6 Å². The molecule has 0 aliphatic carbocycles. The SMILES string of the molecule is CC(CSc1ccccc1)C(=O)N(C)C1CC2CCC(C1)N2. The molecule has 22 heavy (non-hydrogen) atoms. The number of benzene rings is 1. The third-order valence-corrected chi connectivity index (χ3v) is 6.28. The summed E-state index contributed by atoms with van der Waals surface area (Å²) >= 11 is 1.77. The predicted molar refractivity (Wildman–Crippen MR) is 92.1 cm³/mol. The van der Waals surface area contributed by atoms with Crippen LogP contribution in [0.4, 0.5) is 0 Å². The van der Waals surface area contributed by atoms with Gasteiger partial charge in [0.25, 0.3) is 0 Å². The molecule has 120 valence electrons. The van der Waals surface area contributed by atoms with Gasteiger partial charge in [-0.2, -0.15) is 0 Å². The molecule has 2 fully saturated rings. The summed E-state index contributed by atoms with van der Waals surface area (Å²) in [7, 11) is 2.00. The normalized spacial score (nSPS) is 28.4. The van der Waals surface area contributed by atoms with Crippen LogP contribution in [0.3, 0.4) is 0 Å². The molecule has 0 spiro atoms. The smallest absolute Gasteiger partial charge is 0.226 e. The van der Waals surface area contributed by atoms with Crippen molar-refractivity contribution in [1.82, 2.24) is 10.2 Å². The van der Waals surface area contributed by atoms with E-state index in [4.69, 9.17) is 0 Å². The lowest BCUT2D eigenvalue weighted by atomic mass is 9.97. The van der Waals surface area contributed by atoms with Crippen molar-refractivity contribution < 1.29 is 4.79 Å². The number of hydrogen-bond donors (Lipinski definition) is 1. The zero-order valence-corrected chi connectivity index (χ0v) is 14.3. The Morgan fingerprint density at radius 1 is 1.27 bits per heavy atom. The summed E-state index contributed by atoms with van der Waals surface area (Å²) in [6, 6.07) is 12.0. The van der Waals surface area contributed by atoms with Gasteiger partial charge in [0.2, 0.25) is 5.91 Å². The summed E-state index contributed by atoms with van der Waals surface area (Å²) in [6.45, 7) is 2.06. The van der Waals surface area contributed by atoms with E-state index in [0.29, 0.717) is 24.0 Å². The van der Waals surface area contributed by atoms with E-state index in [2.05, 4.69) is 24.4 Å². The Morgan fingerprint density at radius 3 is 2.55 bits per heavy atom. The largest absolute Gasteiger partial charge is 0.342 e. The van der Waals surface area contributed by atoms with Crippen molar-refractivity contribution in [3.8, 4) is 0 Å². The van der Waals surface area contributed by atoms with Gasteiger partial charge in [0, 0.05) is 41.7 Å². The number of hydrogen-bond acceptors (Lipinski definition) is 3. The van der Waals surface area contributed by atoms with Crippen molar-refractivity contribution in [2.45, 2.75) is 55.6 Å². The highest BCUT2D eigenvalue weighted by molar-refractivity contribution is 7.99. The van der Waals surface area contributed by atoms with E-state index >= 15 is 0 Å². The minimum absolute atomic E-state index is 0.0720. The quantitative estimate of drug-likeness (QED) is 0.847. The van der Waals surface area contributed by atoms with E-state index in [9.17, 15) is 4.79 Å². The van der Waals surface area contributed by atoms with Gasteiger partial charge in [-0.25, -0.2) is 0 Å². The monoisotopic (exact) mass is 318 g/mol. The second kappa shape index (κ2) is 7.05. The highest BCUT2D eigenvalue weighted by Crippen LogP contribution is 2.30. The summed E-state index contributed by atoms with van der Waals surface area (Å²) in [5, 5.41) is 3.65. The van der Waals surface area contributed by atoms with Gasteiger partial charge in [-0.3, -0.25) is 4.79 Å². The molecule has 2 aliphatic rings. The van der Waals surface area contributed by atoms with Crippen LogP contribution in [0.2, 0.25) is 0 Å². The van der Waals surface area contributed by atoms with Crippen molar-refractivity contribution in [3.63, 3.8) is 0 Å². The number of nitrogens with zero attached hydrogens (tertiary/aromatic N) is 1. The van der Waals surface area contributed by atoms with Gasteiger partial charge < -0.3 is 10.2 Å². The zero-order chi connectivity index (χ0) is 15.5. The summed E-state index contributed by atoms with van der Waals surface area (Å²) in [6.07, 6.45) is 4.81. The van der Waals surface area contributed by atoms with Crippen LogP contribution in [0, 0.1) is 5.92 Å². The molecule has 2 aliphatic heterocycles. The molecule has 1 aromatic carbocycles. The first-order chi connectivity index (χ1) is 10.6. The molecule has 3 unspecified atom stereocenters. The number of amides is 1. The van der Waals surface area contributed by atoms with Gasteiger partial charge in [-0.15, -0.1) is 11.8 Å². The topological polar surface area (TPSA) is 32.3 Å². The molecular weight excluding hydrogens is 292 g/mol. The minimum atomic E-state index is 0.0720. The molecule has 0 aromatic heterocycles. The number of nitrogens with one attached hydrogen (secondary N) is 1. The number of piperidine rings is 1. The average molecular weight is 318 g/mol. The Kier molecular flexibility index (Phi) is 5.09. The van der Waals surface area contributed by atoms with Crippen molar-refractivity contribution in [1.29, 1.82) is 0 Å². The van der Waals surface area contributed by atoms with Crippen LogP contribution < -0.4 is 5.32 Å². The maximum Gasteiger partial charge on any atom is 0.226 e. The van der Waals surface area contributed by atoms with Gasteiger partial charge in [0.15, 0.2) is 0 Å². The van der Waals surface area contributed by atoms with Crippen molar-refractivity contribution in [2.75, 3.05) is 12.8 Å². The third-order valence-electron chi connectivity index (χ3n) is 5.01. The summed E-state index contributed by atoms with van der Waals surface area (Å²) in [5.74, 6) is 1.22. The van der Waals surface area contributed by atoms with Gasteiger partial charge in [-0.1, -0.05) is 25.1 Å². The van der Waals surface area contributed by atoms with Crippen molar-refractivity contribution in [3.05, 3.63) is 30.3 Å². The molecule has 2 saturated heterocycles. The van der Waals surface area contributed by atoms with Crippen molar-refractivity contribution in [2.24, 2.45) is 5.92 Å². The minimum Gasteiger partial charge on any atom is -0.342 e. The number of fused-ring (bicyclic) bond motifs is 2. The van der Waals surface area contributed by atoms with E-state index in [0.717, 1.165) is 18.6 Å². The van der Waals surface area contributed by atoms with Gasteiger partial charge in [0.1, 0.15) is 0 Å². The molecule has 3 rings (SSSR count). The van der Waals surface area contributed by atoms with Crippen LogP contribution in [0.25, 0.3) is 0 Å². The summed E-state index contributed by atoms with van der Waals surface area (Å²) in [5.41, 5.74) is 0. The lowest BCUT2D eigenvalue weighted by molar-refractivity contribution is -0.135. The lowest BCUT2D eigenvalue weighted by Crippen LogP contribution is -2.50. The highest BCUT2D eigenvalue weighted by atomic mass is 32.2. The van der Waals surface area contributed by atoms with Crippen LogP contribution in [0.5, 0.6) is 0 Å². The Balaban J connectivity index is 1.51. The van der Waals surface area contributed by atoms with E-state index in [-0.39, 0.29) is 5.92 Å². The van der Waals surface area contributed by atoms with Crippen molar-refractivity contribution >= 4 is 17.7 Å². The van der Waals surface area contributed by atoms with E-state index in [1.54, 1.807) is 11.8 Å². The fourth-order valence-electron chi connectivity index (χ4n) is 3.68. The molecule has 3 nitrogen and oxygen atoms in total. The Bertz CT molecular complexity index is 495. The standard InChI is InChI=1S/C18H26N2OS/c1-13(12-22-17-6-4-3-5-7-17)18(21)20(2)16-10-14-8-9-15(11-16)19-14/h3-7,13-16,19H,8-12H2,1-2H3. The highest BCUT2D eigenvalue weighted by Gasteiger charge is 2.37. The lowest BCUT2D eigenvalue weighted by Gasteiger charge is -2.36. The zero-order valence-electron chi connectivity index (χ0n) is 13.5. The maximum atomic E-state index is 12.7. The Labute approximate surface area is 137 Å². The molecule has 0 radical (unpaired) electrons. The summed E-state index contributed by atoms with van der Waals surface area (Å²) < 4.78 is 0. The third kappa shape index (κ3) is 3.66. The molecule has 2 heterocycles. The maximum absolute atomic E-state index is 12.7. The van der Waals surface area contributed by atoms with Gasteiger partial charge in [0.05, 0.1) is 0 Å². The molecule has 3 atom stereocenters. The number of carbonyl (C=O) groups excluding carboxylic acids is 1. The first kappa shape index (κ1) is 15.9. The Morgan fingerprint density at radius 2 is 1.91 bits per heavy atom. The number of thioether (sulfide) groups is 1.